The van der Waals surface area contributed by atoms with Gasteiger partial charge in [-0.1, -0.05) is 48.5 Å². The van der Waals surface area contributed by atoms with Crippen molar-refractivity contribution in [3.05, 3.63) is 60.2 Å². The summed E-state index contributed by atoms with van der Waals surface area (Å²) in [5, 5.41) is 8.93. The minimum atomic E-state index is 0.518. The Labute approximate surface area is 140 Å². The maximum atomic E-state index is 5.13. The second kappa shape index (κ2) is 7.07. The number of aromatic nitrogens is 1. The average molecular weight is 322 g/mol. The zero-order valence-electron chi connectivity index (χ0n) is 12.8. The predicted octanol–water partition coefficient (Wildman–Crippen LogP) is 3.65. The van der Waals surface area contributed by atoms with Gasteiger partial charge in [0, 0.05) is 23.0 Å². The summed E-state index contributed by atoms with van der Waals surface area (Å²) in [4.78, 5) is 3.48. The first-order chi connectivity index (χ1) is 11.3. The highest BCUT2D eigenvalue weighted by molar-refractivity contribution is 7.80. The van der Waals surface area contributed by atoms with Gasteiger partial charge in [0.2, 0.25) is 0 Å². The van der Waals surface area contributed by atoms with Gasteiger partial charge in [-0.2, -0.15) is 5.10 Å². The fourth-order valence-corrected chi connectivity index (χ4v) is 2.68. The van der Waals surface area contributed by atoms with Crippen LogP contribution >= 0.6 is 12.2 Å². The van der Waals surface area contributed by atoms with Gasteiger partial charge in [0.05, 0.1) is 11.9 Å². The lowest BCUT2D eigenvalue weighted by Crippen LogP contribution is -2.31. The molecule has 23 heavy (non-hydrogen) atoms. The number of hydrogen-bond donors (Lipinski definition) is 3. The molecule has 116 valence electrons. The third-order valence-electron chi connectivity index (χ3n) is 3.51. The molecular weight excluding hydrogens is 304 g/mol. The summed E-state index contributed by atoms with van der Waals surface area (Å²) in [6, 6.07) is 18.4. The highest BCUT2D eigenvalue weighted by Gasteiger charge is 2.10. The molecule has 1 heterocycles. The number of rotatable bonds is 4. The van der Waals surface area contributed by atoms with Crippen molar-refractivity contribution in [2.24, 2.45) is 5.10 Å². The van der Waals surface area contributed by atoms with Crippen LogP contribution in [0.15, 0.2) is 59.7 Å². The number of benzene rings is 2. The zero-order chi connectivity index (χ0) is 16.1. The van der Waals surface area contributed by atoms with E-state index in [4.69, 9.17) is 12.2 Å². The molecule has 0 amide bonds. The molecule has 0 aliphatic heterocycles. The molecule has 0 atom stereocenters. The van der Waals surface area contributed by atoms with Gasteiger partial charge in [0.1, 0.15) is 0 Å². The van der Waals surface area contributed by atoms with Crippen molar-refractivity contribution in [3.8, 4) is 11.3 Å². The molecule has 3 aromatic rings. The molecule has 1 aromatic heterocycles. The number of hydrogen-bond acceptors (Lipinski definition) is 2. The summed E-state index contributed by atoms with van der Waals surface area (Å²) in [7, 11) is 0. The van der Waals surface area contributed by atoms with Crippen molar-refractivity contribution in [3.63, 3.8) is 0 Å². The number of aromatic amines is 1. The minimum absolute atomic E-state index is 0.518. The van der Waals surface area contributed by atoms with Crippen molar-refractivity contribution in [2.45, 2.75) is 6.92 Å². The van der Waals surface area contributed by atoms with Crippen molar-refractivity contribution < 1.29 is 0 Å². The maximum absolute atomic E-state index is 5.13. The van der Waals surface area contributed by atoms with Gasteiger partial charge < -0.3 is 10.3 Å². The van der Waals surface area contributed by atoms with Gasteiger partial charge in [-0.3, -0.25) is 5.43 Å². The summed E-state index contributed by atoms with van der Waals surface area (Å²) < 4.78 is 0. The highest BCUT2D eigenvalue weighted by atomic mass is 32.1. The van der Waals surface area contributed by atoms with Crippen LogP contribution in [-0.2, 0) is 0 Å². The summed E-state index contributed by atoms with van der Waals surface area (Å²) in [6.45, 7) is 2.76. The Morgan fingerprint density at radius 3 is 2.65 bits per heavy atom. The van der Waals surface area contributed by atoms with Crippen LogP contribution < -0.4 is 10.7 Å². The Kier molecular flexibility index (Phi) is 4.68. The van der Waals surface area contributed by atoms with Crippen LogP contribution in [0.1, 0.15) is 12.5 Å². The van der Waals surface area contributed by atoms with Crippen molar-refractivity contribution in [1.29, 1.82) is 0 Å². The van der Waals surface area contributed by atoms with Gasteiger partial charge >= 0.3 is 0 Å². The van der Waals surface area contributed by atoms with Crippen LogP contribution in [0.2, 0.25) is 0 Å². The van der Waals surface area contributed by atoms with Gasteiger partial charge in [0.25, 0.3) is 0 Å². The third kappa shape index (κ3) is 3.40. The van der Waals surface area contributed by atoms with E-state index in [1.807, 2.05) is 43.5 Å². The Bertz CT molecular complexity index is 837. The van der Waals surface area contributed by atoms with Crippen LogP contribution in [0.5, 0.6) is 0 Å². The number of H-pyrrole nitrogens is 1. The van der Waals surface area contributed by atoms with E-state index in [2.05, 4.69) is 45.1 Å². The monoisotopic (exact) mass is 322 g/mol. The first-order valence-corrected chi connectivity index (χ1v) is 7.93. The number of fused-ring (bicyclic) bond motifs is 1. The minimum Gasteiger partial charge on any atom is -0.362 e. The van der Waals surface area contributed by atoms with E-state index < -0.39 is 0 Å². The molecule has 0 unspecified atom stereocenters. The third-order valence-corrected chi connectivity index (χ3v) is 3.74. The molecule has 0 aliphatic rings. The van der Waals surface area contributed by atoms with E-state index >= 15 is 0 Å². The van der Waals surface area contributed by atoms with Gasteiger partial charge in [0.15, 0.2) is 5.11 Å². The fourth-order valence-electron chi connectivity index (χ4n) is 2.49. The second-order valence-electron chi connectivity index (χ2n) is 5.05. The molecule has 0 fully saturated rings. The summed E-state index contributed by atoms with van der Waals surface area (Å²) >= 11 is 5.13. The molecule has 5 heteroatoms. The molecule has 0 saturated carbocycles. The average Bonchev–Trinajstić information content (AvgIpc) is 2.95. The molecule has 4 nitrogen and oxygen atoms in total. The summed E-state index contributed by atoms with van der Waals surface area (Å²) in [6.07, 6.45) is 1.81. The molecule has 0 radical (unpaired) electrons. The van der Waals surface area contributed by atoms with Crippen LogP contribution in [0.3, 0.4) is 0 Å². The van der Waals surface area contributed by atoms with Crippen LogP contribution in [0.4, 0.5) is 0 Å². The standard InChI is InChI=1S/C18H18N4S/c1-2-19-18(23)22-20-12-15-14-10-6-7-11-16(14)21-17(15)13-8-4-3-5-9-13/h3-12,21H,2H2,1H3,(H2,19,22,23)/b20-12+. The van der Waals surface area contributed by atoms with Crippen LogP contribution in [0.25, 0.3) is 22.2 Å². The number of thiocarbonyl (C=S) groups is 1. The van der Waals surface area contributed by atoms with Gasteiger partial charge in [-0.15, -0.1) is 0 Å². The Morgan fingerprint density at radius 1 is 1.13 bits per heavy atom. The molecule has 0 aliphatic carbocycles. The molecular formula is C18H18N4S. The van der Waals surface area contributed by atoms with Crippen LogP contribution in [-0.4, -0.2) is 22.9 Å². The largest absolute Gasteiger partial charge is 0.362 e. The molecule has 0 bridgehead atoms. The van der Waals surface area contributed by atoms with E-state index in [-0.39, 0.29) is 0 Å². The maximum Gasteiger partial charge on any atom is 0.186 e. The molecule has 0 spiro atoms. The molecule has 3 rings (SSSR count). The number of nitrogens with zero attached hydrogens (tertiary/aromatic N) is 1. The summed E-state index contributed by atoms with van der Waals surface area (Å²) in [5.74, 6) is 0. The van der Waals surface area contributed by atoms with E-state index in [1.165, 1.54) is 0 Å². The van der Waals surface area contributed by atoms with Crippen molar-refractivity contribution in [1.82, 2.24) is 15.7 Å². The lowest BCUT2D eigenvalue weighted by Gasteiger charge is -2.03. The first-order valence-electron chi connectivity index (χ1n) is 7.52. The second-order valence-corrected chi connectivity index (χ2v) is 5.46. The van der Waals surface area contributed by atoms with Crippen molar-refractivity contribution in [2.75, 3.05) is 6.54 Å². The Balaban J connectivity index is 2.00. The molecule has 3 N–H and O–H groups in total. The fraction of sp³-hybridized carbons (Fsp3) is 0.111. The van der Waals surface area contributed by atoms with E-state index in [1.54, 1.807) is 0 Å². The molecule has 2 aromatic carbocycles. The quantitative estimate of drug-likeness (QED) is 0.390. The lowest BCUT2D eigenvalue weighted by molar-refractivity contribution is 0.904. The first kappa shape index (κ1) is 15.2. The molecule has 0 saturated heterocycles. The lowest BCUT2D eigenvalue weighted by atomic mass is 10.1. The van der Waals surface area contributed by atoms with Gasteiger partial charge in [-0.05, 0) is 30.8 Å². The van der Waals surface area contributed by atoms with E-state index in [9.17, 15) is 0 Å². The zero-order valence-corrected chi connectivity index (χ0v) is 13.7. The van der Waals surface area contributed by atoms with E-state index in [0.29, 0.717) is 5.11 Å². The smallest absolute Gasteiger partial charge is 0.186 e. The topological polar surface area (TPSA) is 52.2 Å². The normalized spacial score (nSPS) is 11.0. The Morgan fingerprint density at radius 2 is 1.87 bits per heavy atom. The SMILES string of the molecule is CCNC(=S)N/N=C/c1c(-c2ccccc2)[nH]c2ccccc12. The predicted molar refractivity (Wildman–Crippen MR) is 101 cm³/mol. The van der Waals surface area contributed by atoms with Crippen molar-refractivity contribution >= 4 is 34.4 Å². The summed E-state index contributed by atoms with van der Waals surface area (Å²) in [5.41, 5.74) is 7.14. The van der Waals surface area contributed by atoms with Gasteiger partial charge in [-0.25, -0.2) is 0 Å². The number of para-hydroxylation sites is 1. The number of nitrogens with one attached hydrogen (secondary N) is 3. The highest BCUT2D eigenvalue weighted by Crippen LogP contribution is 2.28. The Hall–Kier alpha value is -2.66. The van der Waals surface area contributed by atoms with E-state index in [0.717, 1.165) is 34.3 Å². The van der Waals surface area contributed by atoms with Crippen LogP contribution in [0, 0.1) is 0 Å². The number of hydrazone groups is 1.